The summed E-state index contributed by atoms with van der Waals surface area (Å²) in [7, 11) is -1.97. The zero-order valence-corrected chi connectivity index (χ0v) is 19.0. The second-order valence-electron chi connectivity index (χ2n) is 6.05. The number of anilines is 1. The molecule has 2 aromatic carbocycles. The van der Waals surface area contributed by atoms with E-state index in [-0.39, 0.29) is 10.8 Å². The third-order valence-electron chi connectivity index (χ3n) is 4.19. The Morgan fingerprint density at radius 1 is 1.07 bits per heavy atom. The lowest BCUT2D eigenvalue weighted by atomic mass is 10.2. The molecule has 0 saturated heterocycles. The quantitative estimate of drug-likeness (QED) is 0.518. The van der Waals surface area contributed by atoms with Crippen molar-refractivity contribution in [1.82, 2.24) is 4.31 Å². The number of nitrogens with one attached hydrogen (secondary N) is 1. The van der Waals surface area contributed by atoms with Crippen LogP contribution in [0.15, 0.2) is 51.8 Å². The summed E-state index contributed by atoms with van der Waals surface area (Å²) in [6.07, 6.45) is 0. The SMILES string of the molecule is CCN(CC)S(=O)(=O)c1ccc(NC(=O)c2cc(Br)ccc2OCCOC)cc1. The predicted octanol–water partition coefficient (Wildman–Crippen LogP) is 3.76. The number of carbonyl (C=O) groups excluding carboxylic acids is 1. The van der Waals surface area contributed by atoms with E-state index in [0.717, 1.165) is 4.47 Å². The molecule has 2 aromatic rings. The fraction of sp³-hybridized carbons (Fsp3) is 0.350. The van der Waals surface area contributed by atoms with Crippen LogP contribution in [0.5, 0.6) is 5.75 Å². The van der Waals surface area contributed by atoms with Crippen LogP contribution in [0, 0.1) is 0 Å². The Morgan fingerprint density at radius 3 is 2.31 bits per heavy atom. The van der Waals surface area contributed by atoms with Crippen LogP contribution in [0.1, 0.15) is 24.2 Å². The Morgan fingerprint density at radius 2 is 1.72 bits per heavy atom. The molecule has 1 amide bonds. The van der Waals surface area contributed by atoms with Crippen LogP contribution in [0.2, 0.25) is 0 Å². The van der Waals surface area contributed by atoms with E-state index in [1.807, 2.05) is 0 Å². The van der Waals surface area contributed by atoms with Gasteiger partial charge in [-0.2, -0.15) is 4.31 Å². The van der Waals surface area contributed by atoms with Gasteiger partial charge in [-0.3, -0.25) is 4.79 Å². The summed E-state index contributed by atoms with van der Waals surface area (Å²) in [5, 5.41) is 2.77. The number of nitrogens with zero attached hydrogens (tertiary/aromatic N) is 1. The zero-order chi connectivity index (χ0) is 21.4. The molecule has 0 aliphatic heterocycles. The zero-order valence-electron chi connectivity index (χ0n) is 16.6. The van der Waals surface area contributed by atoms with E-state index in [0.29, 0.717) is 43.3 Å². The van der Waals surface area contributed by atoms with Crippen molar-refractivity contribution < 1.29 is 22.7 Å². The summed E-state index contributed by atoms with van der Waals surface area (Å²) < 4.78 is 37.8. The second kappa shape index (κ2) is 10.7. The topological polar surface area (TPSA) is 84.9 Å². The minimum absolute atomic E-state index is 0.185. The molecule has 1 N–H and O–H groups in total. The smallest absolute Gasteiger partial charge is 0.259 e. The van der Waals surface area contributed by atoms with Gasteiger partial charge >= 0.3 is 0 Å². The van der Waals surface area contributed by atoms with Gasteiger partial charge in [-0.05, 0) is 42.5 Å². The summed E-state index contributed by atoms with van der Waals surface area (Å²) in [6, 6.07) is 11.3. The Bertz CT molecular complexity index is 928. The number of hydrogen-bond acceptors (Lipinski definition) is 5. The normalized spacial score (nSPS) is 11.5. The standard InChI is InChI=1S/C20H25BrN2O5S/c1-4-23(5-2)29(25,26)17-9-7-16(8-10-17)22-20(24)18-14-15(21)6-11-19(18)28-13-12-27-3/h6-11,14H,4-5,12-13H2,1-3H3,(H,22,24). The van der Waals surface area contributed by atoms with Gasteiger partial charge in [0.15, 0.2) is 0 Å². The lowest BCUT2D eigenvalue weighted by Crippen LogP contribution is -2.30. The van der Waals surface area contributed by atoms with Gasteiger partial charge in [0.1, 0.15) is 12.4 Å². The monoisotopic (exact) mass is 484 g/mol. The fourth-order valence-electron chi connectivity index (χ4n) is 2.66. The van der Waals surface area contributed by atoms with Gasteiger partial charge in [-0.25, -0.2) is 8.42 Å². The lowest BCUT2D eigenvalue weighted by molar-refractivity contribution is 0.101. The molecule has 0 spiro atoms. The first-order valence-corrected chi connectivity index (χ1v) is 11.4. The molecule has 0 unspecified atom stereocenters. The first-order valence-electron chi connectivity index (χ1n) is 9.16. The molecule has 2 rings (SSSR count). The van der Waals surface area contributed by atoms with Crippen LogP contribution in [0.25, 0.3) is 0 Å². The van der Waals surface area contributed by atoms with E-state index < -0.39 is 10.0 Å². The van der Waals surface area contributed by atoms with Gasteiger partial charge in [-0.1, -0.05) is 29.8 Å². The molecule has 0 aliphatic carbocycles. The first-order chi connectivity index (χ1) is 13.8. The molecule has 0 fully saturated rings. The molecule has 0 radical (unpaired) electrons. The molecule has 0 atom stereocenters. The Kier molecular flexibility index (Phi) is 8.63. The number of sulfonamides is 1. The number of methoxy groups -OCH3 is 1. The highest BCUT2D eigenvalue weighted by Crippen LogP contribution is 2.25. The van der Waals surface area contributed by atoms with Crippen LogP contribution in [-0.4, -0.2) is 52.0 Å². The van der Waals surface area contributed by atoms with Crippen molar-refractivity contribution in [3.63, 3.8) is 0 Å². The Hall–Kier alpha value is -1.94. The van der Waals surface area contributed by atoms with Gasteiger partial charge in [0.2, 0.25) is 10.0 Å². The molecule has 0 heterocycles. The predicted molar refractivity (Wildman–Crippen MR) is 116 cm³/mol. The van der Waals surface area contributed by atoms with Gasteiger partial charge in [0.05, 0.1) is 17.1 Å². The molecule has 0 aromatic heterocycles. The summed E-state index contributed by atoms with van der Waals surface area (Å²) in [4.78, 5) is 12.9. The van der Waals surface area contributed by atoms with Crippen LogP contribution >= 0.6 is 15.9 Å². The van der Waals surface area contributed by atoms with Crippen molar-refractivity contribution in [3.05, 3.63) is 52.5 Å². The number of benzene rings is 2. The maximum atomic E-state index is 12.7. The van der Waals surface area contributed by atoms with Gasteiger partial charge in [0.25, 0.3) is 5.91 Å². The van der Waals surface area contributed by atoms with Crippen LogP contribution in [0.3, 0.4) is 0 Å². The Labute approximate surface area is 180 Å². The minimum Gasteiger partial charge on any atom is -0.490 e. The third-order valence-corrected chi connectivity index (χ3v) is 6.74. The number of carbonyl (C=O) groups is 1. The molecule has 0 bridgehead atoms. The molecule has 9 heteroatoms. The summed E-state index contributed by atoms with van der Waals surface area (Å²) >= 11 is 3.36. The number of amides is 1. The largest absolute Gasteiger partial charge is 0.490 e. The third kappa shape index (κ3) is 6.02. The van der Waals surface area contributed by atoms with E-state index >= 15 is 0 Å². The van der Waals surface area contributed by atoms with E-state index in [1.54, 1.807) is 51.3 Å². The second-order valence-corrected chi connectivity index (χ2v) is 8.90. The van der Waals surface area contributed by atoms with E-state index in [1.165, 1.54) is 16.4 Å². The van der Waals surface area contributed by atoms with Gasteiger partial charge in [-0.15, -0.1) is 0 Å². The number of halogens is 1. The summed E-state index contributed by atoms with van der Waals surface area (Å²) in [5.41, 5.74) is 0.839. The average molecular weight is 485 g/mol. The van der Waals surface area contributed by atoms with Crippen LogP contribution < -0.4 is 10.1 Å². The van der Waals surface area contributed by atoms with Gasteiger partial charge < -0.3 is 14.8 Å². The lowest BCUT2D eigenvalue weighted by Gasteiger charge is -2.18. The van der Waals surface area contributed by atoms with Crippen LogP contribution in [0.4, 0.5) is 5.69 Å². The van der Waals surface area contributed by atoms with Crippen molar-refractivity contribution in [1.29, 1.82) is 0 Å². The highest BCUT2D eigenvalue weighted by molar-refractivity contribution is 9.10. The molecule has 29 heavy (non-hydrogen) atoms. The molecule has 0 saturated carbocycles. The van der Waals surface area contributed by atoms with Crippen molar-refractivity contribution in [2.24, 2.45) is 0 Å². The summed E-state index contributed by atoms with van der Waals surface area (Å²) in [5.74, 6) is 0.0709. The van der Waals surface area contributed by atoms with E-state index in [4.69, 9.17) is 9.47 Å². The average Bonchev–Trinajstić information content (AvgIpc) is 2.70. The van der Waals surface area contributed by atoms with E-state index in [9.17, 15) is 13.2 Å². The van der Waals surface area contributed by atoms with Crippen molar-refractivity contribution in [2.75, 3.05) is 38.7 Å². The minimum atomic E-state index is -3.54. The van der Waals surface area contributed by atoms with E-state index in [2.05, 4.69) is 21.2 Å². The molecular weight excluding hydrogens is 460 g/mol. The number of rotatable bonds is 10. The van der Waals surface area contributed by atoms with Crippen LogP contribution in [-0.2, 0) is 14.8 Å². The highest BCUT2D eigenvalue weighted by atomic mass is 79.9. The first kappa shape index (κ1) is 23.3. The van der Waals surface area contributed by atoms with Crippen molar-refractivity contribution in [2.45, 2.75) is 18.7 Å². The fourth-order valence-corrected chi connectivity index (χ4v) is 4.48. The molecular formula is C20H25BrN2O5S. The number of hydrogen-bond donors (Lipinski definition) is 1. The Balaban J connectivity index is 2.18. The van der Waals surface area contributed by atoms with Gasteiger partial charge in [0, 0.05) is 30.4 Å². The maximum absolute atomic E-state index is 12.7. The van der Waals surface area contributed by atoms with Crippen molar-refractivity contribution >= 4 is 37.5 Å². The maximum Gasteiger partial charge on any atom is 0.259 e. The summed E-state index contributed by atoms with van der Waals surface area (Å²) in [6.45, 7) is 5.09. The highest BCUT2D eigenvalue weighted by Gasteiger charge is 2.21. The van der Waals surface area contributed by atoms with Crippen molar-refractivity contribution in [3.8, 4) is 5.75 Å². The molecule has 0 aliphatic rings. The molecule has 158 valence electrons. The molecule has 7 nitrogen and oxygen atoms in total. The number of ether oxygens (including phenoxy) is 2.